The monoisotopic (exact) mass is 324 g/mol. The molecule has 0 saturated heterocycles. The first-order valence-corrected chi connectivity index (χ1v) is 10.4. The molecular formula is C21H44N2. The molecule has 0 amide bonds. The fourth-order valence-electron chi connectivity index (χ4n) is 3.06. The van der Waals surface area contributed by atoms with Crippen LogP contribution in [-0.4, -0.2) is 24.8 Å². The van der Waals surface area contributed by atoms with Crippen molar-refractivity contribution in [3.8, 4) is 0 Å². The van der Waals surface area contributed by atoms with E-state index in [1.54, 1.807) is 0 Å². The number of amidine groups is 1. The Kier molecular flexibility index (Phi) is 17.4. The zero-order valence-electron chi connectivity index (χ0n) is 16.5. The summed E-state index contributed by atoms with van der Waals surface area (Å²) in [5.74, 6) is 0.773. The minimum absolute atomic E-state index is 0.773. The fraction of sp³-hybridized carbons (Fsp3) is 0.952. The van der Waals surface area contributed by atoms with E-state index in [1.165, 1.54) is 103 Å². The van der Waals surface area contributed by atoms with E-state index in [2.05, 4.69) is 6.92 Å². The summed E-state index contributed by atoms with van der Waals surface area (Å²) in [5, 5.41) is 7.75. The number of hydrogen-bond donors (Lipinski definition) is 1. The summed E-state index contributed by atoms with van der Waals surface area (Å²) < 4.78 is 0. The van der Waals surface area contributed by atoms with E-state index in [9.17, 15) is 0 Å². The van der Waals surface area contributed by atoms with E-state index in [0.29, 0.717) is 0 Å². The molecule has 0 aromatic heterocycles. The summed E-state index contributed by atoms with van der Waals surface area (Å²) in [6.07, 6.45) is 23.5. The lowest BCUT2D eigenvalue weighted by molar-refractivity contribution is 0.528. The van der Waals surface area contributed by atoms with Crippen LogP contribution in [0, 0.1) is 5.41 Å². The Morgan fingerprint density at radius 2 is 0.870 bits per heavy atom. The molecule has 0 bridgehead atoms. The van der Waals surface area contributed by atoms with Crippen LogP contribution in [0.5, 0.6) is 0 Å². The van der Waals surface area contributed by atoms with Gasteiger partial charge in [-0.15, -0.1) is 0 Å². The second kappa shape index (κ2) is 17.8. The number of nitrogens with one attached hydrogen (secondary N) is 1. The molecule has 0 unspecified atom stereocenters. The highest BCUT2D eigenvalue weighted by molar-refractivity contribution is 5.78. The van der Waals surface area contributed by atoms with Crippen molar-refractivity contribution in [3.05, 3.63) is 0 Å². The maximum Gasteiger partial charge on any atom is 0.0952 e. The lowest BCUT2D eigenvalue weighted by atomic mass is 10.0. The molecule has 23 heavy (non-hydrogen) atoms. The van der Waals surface area contributed by atoms with Gasteiger partial charge in [-0.3, -0.25) is 5.41 Å². The second-order valence-electron chi connectivity index (χ2n) is 7.39. The largest absolute Gasteiger partial charge is 0.367 e. The Labute approximate surface area is 146 Å². The highest BCUT2D eigenvalue weighted by Gasteiger charge is 1.99. The topological polar surface area (TPSA) is 27.1 Å². The lowest BCUT2D eigenvalue weighted by Crippen LogP contribution is -2.20. The summed E-state index contributed by atoms with van der Waals surface area (Å²) in [6, 6.07) is 0. The highest BCUT2D eigenvalue weighted by atomic mass is 15.1. The Hall–Kier alpha value is -0.530. The van der Waals surface area contributed by atoms with Gasteiger partial charge in [0, 0.05) is 20.5 Å². The van der Waals surface area contributed by atoms with Crippen LogP contribution >= 0.6 is 0 Å². The number of nitrogens with zero attached hydrogens (tertiary/aromatic N) is 1. The Morgan fingerprint density at radius 3 is 1.17 bits per heavy atom. The van der Waals surface area contributed by atoms with Crippen molar-refractivity contribution in [2.24, 2.45) is 0 Å². The maximum atomic E-state index is 7.75. The molecule has 0 fully saturated rings. The molecule has 2 heteroatoms. The quantitative estimate of drug-likeness (QED) is 0.171. The maximum absolute atomic E-state index is 7.75. The zero-order chi connectivity index (χ0) is 17.2. The third-order valence-corrected chi connectivity index (χ3v) is 4.81. The molecule has 0 saturated carbocycles. The molecule has 0 aliphatic heterocycles. The Bertz CT molecular complexity index is 248. The highest BCUT2D eigenvalue weighted by Crippen LogP contribution is 2.14. The van der Waals surface area contributed by atoms with Gasteiger partial charge in [0.25, 0.3) is 0 Å². The third-order valence-electron chi connectivity index (χ3n) is 4.81. The third kappa shape index (κ3) is 17.7. The average Bonchev–Trinajstić information content (AvgIpc) is 2.54. The zero-order valence-corrected chi connectivity index (χ0v) is 16.5. The van der Waals surface area contributed by atoms with Crippen LogP contribution in [0.1, 0.15) is 116 Å². The van der Waals surface area contributed by atoms with Gasteiger partial charge in [0.2, 0.25) is 0 Å². The van der Waals surface area contributed by atoms with Crippen molar-refractivity contribution in [1.29, 1.82) is 5.41 Å². The minimum Gasteiger partial charge on any atom is -0.367 e. The van der Waals surface area contributed by atoms with Gasteiger partial charge < -0.3 is 4.90 Å². The van der Waals surface area contributed by atoms with Gasteiger partial charge in [-0.1, -0.05) is 103 Å². The van der Waals surface area contributed by atoms with Gasteiger partial charge >= 0.3 is 0 Å². The summed E-state index contributed by atoms with van der Waals surface area (Å²) in [7, 11) is 3.93. The van der Waals surface area contributed by atoms with Crippen molar-refractivity contribution in [2.75, 3.05) is 14.1 Å². The summed E-state index contributed by atoms with van der Waals surface area (Å²) in [4.78, 5) is 1.92. The minimum atomic E-state index is 0.773. The van der Waals surface area contributed by atoms with Gasteiger partial charge in [0.1, 0.15) is 0 Å². The van der Waals surface area contributed by atoms with Crippen molar-refractivity contribution in [3.63, 3.8) is 0 Å². The molecule has 0 aliphatic carbocycles. The SMILES string of the molecule is CCCCCCCCCCCCCCCCCCC(=N)N(C)C. The van der Waals surface area contributed by atoms with Gasteiger partial charge in [-0.05, 0) is 6.42 Å². The van der Waals surface area contributed by atoms with Crippen molar-refractivity contribution < 1.29 is 0 Å². The smallest absolute Gasteiger partial charge is 0.0952 e. The van der Waals surface area contributed by atoms with Crippen LogP contribution in [-0.2, 0) is 0 Å². The molecule has 0 aromatic carbocycles. The van der Waals surface area contributed by atoms with Crippen LogP contribution in [0.4, 0.5) is 0 Å². The molecule has 0 aromatic rings. The van der Waals surface area contributed by atoms with Crippen LogP contribution < -0.4 is 0 Å². The normalized spacial score (nSPS) is 10.9. The first-order valence-electron chi connectivity index (χ1n) is 10.4. The number of unbranched alkanes of at least 4 members (excludes halogenated alkanes) is 15. The van der Waals surface area contributed by atoms with Crippen molar-refractivity contribution in [1.82, 2.24) is 4.90 Å². The van der Waals surface area contributed by atoms with Gasteiger partial charge in [0.05, 0.1) is 5.84 Å². The molecule has 0 radical (unpaired) electrons. The van der Waals surface area contributed by atoms with Gasteiger partial charge in [-0.2, -0.15) is 0 Å². The van der Waals surface area contributed by atoms with Gasteiger partial charge in [0.15, 0.2) is 0 Å². The predicted molar refractivity (Wildman–Crippen MR) is 106 cm³/mol. The van der Waals surface area contributed by atoms with E-state index >= 15 is 0 Å². The van der Waals surface area contributed by atoms with Crippen LogP contribution in [0.15, 0.2) is 0 Å². The molecule has 0 rings (SSSR count). The lowest BCUT2D eigenvalue weighted by Gasteiger charge is -2.12. The van der Waals surface area contributed by atoms with Crippen LogP contribution in [0.2, 0.25) is 0 Å². The molecule has 2 nitrogen and oxygen atoms in total. The van der Waals surface area contributed by atoms with E-state index in [-0.39, 0.29) is 0 Å². The first kappa shape index (κ1) is 22.5. The molecular weight excluding hydrogens is 280 g/mol. The molecule has 0 heterocycles. The molecule has 0 aliphatic rings. The number of rotatable bonds is 17. The second-order valence-corrected chi connectivity index (χ2v) is 7.39. The Balaban J connectivity index is 3.04. The van der Waals surface area contributed by atoms with Crippen molar-refractivity contribution >= 4 is 5.84 Å². The molecule has 0 spiro atoms. The Morgan fingerprint density at radius 1 is 0.565 bits per heavy atom. The average molecular weight is 325 g/mol. The van der Waals surface area contributed by atoms with Crippen LogP contribution in [0.3, 0.4) is 0 Å². The molecule has 1 N–H and O–H groups in total. The predicted octanol–water partition coefficient (Wildman–Crippen LogP) is 7.18. The van der Waals surface area contributed by atoms with E-state index in [0.717, 1.165) is 12.3 Å². The molecule has 0 atom stereocenters. The molecule has 138 valence electrons. The van der Waals surface area contributed by atoms with E-state index in [1.807, 2.05) is 19.0 Å². The summed E-state index contributed by atoms with van der Waals surface area (Å²) in [6.45, 7) is 2.29. The standard InChI is InChI=1S/C21H44N2/c1-4-5-6-7-8-9-10-11-12-13-14-15-16-17-18-19-20-21(22)23(2)3/h22H,4-20H2,1-3H3. The first-order chi connectivity index (χ1) is 11.2. The summed E-state index contributed by atoms with van der Waals surface area (Å²) >= 11 is 0. The van der Waals surface area contributed by atoms with Crippen molar-refractivity contribution in [2.45, 2.75) is 116 Å². The number of hydrogen-bond acceptors (Lipinski definition) is 1. The van der Waals surface area contributed by atoms with E-state index in [4.69, 9.17) is 5.41 Å². The van der Waals surface area contributed by atoms with Crippen LogP contribution in [0.25, 0.3) is 0 Å². The van der Waals surface area contributed by atoms with E-state index < -0.39 is 0 Å². The summed E-state index contributed by atoms with van der Waals surface area (Å²) in [5.41, 5.74) is 0. The van der Waals surface area contributed by atoms with Gasteiger partial charge in [-0.25, -0.2) is 0 Å². The fourth-order valence-corrected chi connectivity index (χ4v) is 3.06.